The second-order valence-corrected chi connectivity index (χ2v) is 7.07. The van der Waals surface area contributed by atoms with Crippen molar-refractivity contribution in [1.29, 1.82) is 5.26 Å². The van der Waals surface area contributed by atoms with Gasteiger partial charge in [0.05, 0.1) is 0 Å². The van der Waals surface area contributed by atoms with E-state index in [1.165, 1.54) is 13.0 Å². The monoisotopic (exact) mass is 510 g/mol. The summed E-state index contributed by atoms with van der Waals surface area (Å²) in [6.45, 7) is 1.28. The van der Waals surface area contributed by atoms with Crippen molar-refractivity contribution in [2.75, 3.05) is 5.32 Å². The fraction of sp³-hybridized carbons (Fsp3) is 0.0556. The Kier molecular flexibility index (Phi) is 6.73. The van der Waals surface area contributed by atoms with Crippen molar-refractivity contribution in [1.82, 2.24) is 0 Å². The van der Waals surface area contributed by atoms with Gasteiger partial charge in [0.15, 0.2) is 0 Å². The largest absolute Gasteiger partial charge is 0.426 e. The van der Waals surface area contributed by atoms with Crippen LogP contribution in [0.4, 0.5) is 5.69 Å². The van der Waals surface area contributed by atoms with Gasteiger partial charge in [-0.2, -0.15) is 5.26 Å². The number of nitrogens with one attached hydrogen (secondary N) is 1. The lowest BCUT2D eigenvalue weighted by atomic mass is 10.1. The van der Waals surface area contributed by atoms with Gasteiger partial charge in [-0.15, -0.1) is 0 Å². The van der Waals surface area contributed by atoms with E-state index in [1.807, 2.05) is 12.1 Å². The molecule has 126 valence electrons. The van der Waals surface area contributed by atoms with Crippen LogP contribution in [-0.4, -0.2) is 11.9 Å². The normalized spacial score (nSPS) is 10.7. The highest BCUT2D eigenvalue weighted by Gasteiger charge is 2.13. The Morgan fingerprint density at radius 1 is 1.28 bits per heavy atom. The van der Waals surface area contributed by atoms with Gasteiger partial charge in [-0.1, -0.05) is 22.0 Å². The van der Waals surface area contributed by atoms with E-state index in [9.17, 15) is 14.9 Å². The summed E-state index contributed by atoms with van der Waals surface area (Å²) in [5, 5.41) is 12.0. The molecule has 0 unspecified atom stereocenters. The van der Waals surface area contributed by atoms with Crippen LogP contribution in [0.1, 0.15) is 12.5 Å². The zero-order valence-corrected chi connectivity index (χ0v) is 16.8. The van der Waals surface area contributed by atoms with E-state index in [0.29, 0.717) is 11.3 Å². The zero-order valence-electron chi connectivity index (χ0n) is 13.0. The van der Waals surface area contributed by atoms with Crippen molar-refractivity contribution in [2.45, 2.75) is 6.92 Å². The average molecular weight is 511 g/mol. The molecule has 1 amide bonds. The number of carbonyl (C=O) groups is 2. The van der Waals surface area contributed by atoms with E-state index in [-0.39, 0.29) is 11.3 Å². The fourth-order valence-corrected chi connectivity index (χ4v) is 2.87. The van der Waals surface area contributed by atoms with E-state index >= 15 is 0 Å². The molecule has 25 heavy (non-hydrogen) atoms. The molecular formula is C18H12BrIN2O3. The van der Waals surface area contributed by atoms with E-state index in [2.05, 4.69) is 43.8 Å². The van der Waals surface area contributed by atoms with Gasteiger partial charge in [-0.3, -0.25) is 9.59 Å². The summed E-state index contributed by atoms with van der Waals surface area (Å²) in [4.78, 5) is 23.6. The number of nitrogens with zero attached hydrogens (tertiary/aromatic N) is 1. The van der Waals surface area contributed by atoms with Crippen molar-refractivity contribution in [3.8, 4) is 11.8 Å². The van der Waals surface area contributed by atoms with Crippen molar-refractivity contribution in [3.05, 3.63) is 61.6 Å². The number of esters is 1. The van der Waals surface area contributed by atoms with Gasteiger partial charge < -0.3 is 10.1 Å². The van der Waals surface area contributed by atoms with Crippen LogP contribution in [0.25, 0.3) is 6.08 Å². The number of hydrogen-bond acceptors (Lipinski definition) is 4. The molecule has 2 aromatic rings. The second kappa shape index (κ2) is 8.78. The summed E-state index contributed by atoms with van der Waals surface area (Å²) in [5.74, 6) is -0.762. The quantitative estimate of drug-likeness (QED) is 0.215. The van der Waals surface area contributed by atoms with Gasteiger partial charge in [0, 0.05) is 26.2 Å². The maximum absolute atomic E-state index is 12.4. The van der Waals surface area contributed by atoms with Crippen LogP contribution in [0.15, 0.2) is 52.5 Å². The van der Waals surface area contributed by atoms with Gasteiger partial charge in [0.1, 0.15) is 17.4 Å². The van der Waals surface area contributed by atoms with Crippen LogP contribution < -0.4 is 10.1 Å². The summed E-state index contributed by atoms with van der Waals surface area (Å²) in [7, 11) is 0. The average Bonchev–Trinajstić information content (AvgIpc) is 2.54. The standard InChI is InChI=1S/C18H12BrIN2O3/c1-11(23)25-17-6-5-14(19)8-12(17)7-13(10-21)18(24)22-16-4-2-3-15(20)9-16/h2-9H,1H3,(H,22,24)/b13-7+. The molecule has 0 saturated carbocycles. The second-order valence-electron chi connectivity index (χ2n) is 4.91. The summed E-state index contributed by atoms with van der Waals surface area (Å²) >= 11 is 5.45. The summed E-state index contributed by atoms with van der Waals surface area (Å²) in [5.41, 5.74) is 0.928. The fourth-order valence-electron chi connectivity index (χ4n) is 1.95. The molecule has 0 aliphatic carbocycles. The number of hydrogen-bond donors (Lipinski definition) is 1. The molecule has 2 aromatic carbocycles. The Balaban J connectivity index is 2.33. The van der Waals surface area contributed by atoms with Crippen molar-refractivity contribution in [2.24, 2.45) is 0 Å². The third-order valence-corrected chi connectivity index (χ3v) is 4.14. The maximum Gasteiger partial charge on any atom is 0.308 e. The van der Waals surface area contributed by atoms with Crippen LogP contribution in [0.5, 0.6) is 5.75 Å². The first-order chi connectivity index (χ1) is 11.9. The van der Waals surface area contributed by atoms with Gasteiger partial charge >= 0.3 is 5.97 Å². The molecule has 0 aliphatic heterocycles. The Hall–Kier alpha value is -2.18. The molecule has 0 spiro atoms. The highest BCUT2D eigenvalue weighted by Crippen LogP contribution is 2.26. The van der Waals surface area contributed by atoms with Crippen LogP contribution in [0, 0.1) is 14.9 Å². The molecule has 0 aromatic heterocycles. The Labute approximate surface area is 166 Å². The van der Waals surface area contributed by atoms with Crippen molar-refractivity contribution in [3.63, 3.8) is 0 Å². The van der Waals surface area contributed by atoms with Gasteiger partial charge in [-0.25, -0.2) is 0 Å². The molecule has 0 bridgehead atoms. The highest BCUT2D eigenvalue weighted by atomic mass is 127. The number of benzene rings is 2. The number of carbonyl (C=O) groups excluding carboxylic acids is 2. The first-order valence-electron chi connectivity index (χ1n) is 7.05. The van der Waals surface area contributed by atoms with Crippen LogP contribution in [0.3, 0.4) is 0 Å². The molecule has 7 heteroatoms. The molecule has 1 N–H and O–H groups in total. The third kappa shape index (κ3) is 5.69. The first-order valence-corrected chi connectivity index (χ1v) is 8.93. The van der Waals surface area contributed by atoms with Crippen molar-refractivity contribution >= 4 is 62.2 Å². The summed E-state index contributed by atoms with van der Waals surface area (Å²) in [6, 6.07) is 14.0. The minimum atomic E-state index is -0.543. The smallest absolute Gasteiger partial charge is 0.308 e. The predicted octanol–water partition coefficient (Wildman–Crippen LogP) is 4.52. The van der Waals surface area contributed by atoms with E-state index in [1.54, 1.807) is 36.4 Å². The molecular weight excluding hydrogens is 499 g/mol. The van der Waals surface area contributed by atoms with E-state index < -0.39 is 11.9 Å². The van der Waals surface area contributed by atoms with Gasteiger partial charge in [0.2, 0.25) is 0 Å². The summed E-state index contributed by atoms with van der Waals surface area (Å²) in [6.07, 6.45) is 1.38. The molecule has 0 saturated heterocycles. The lowest BCUT2D eigenvalue weighted by Crippen LogP contribution is -2.13. The molecule has 0 heterocycles. The topological polar surface area (TPSA) is 79.2 Å². The first kappa shape index (κ1) is 19.1. The van der Waals surface area contributed by atoms with Gasteiger partial charge in [0.25, 0.3) is 5.91 Å². The predicted molar refractivity (Wildman–Crippen MR) is 107 cm³/mol. The van der Waals surface area contributed by atoms with Crippen LogP contribution in [0.2, 0.25) is 0 Å². The maximum atomic E-state index is 12.4. The zero-order chi connectivity index (χ0) is 18.4. The molecule has 0 atom stereocenters. The number of halogens is 2. The lowest BCUT2D eigenvalue weighted by molar-refractivity contribution is -0.131. The van der Waals surface area contributed by atoms with E-state index in [0.717, 1.165) is 8.04 Å². The minimum absolute atomic E-state index is 0.106. The van der Waals surface area contributed by atoms with E-state index in [4.69, 9.17) is 4.74 Å². The Morgan fingerprint density at radius 3 is 2.68 bits per heavy atom. The summed E-state index contributed by atoms with van der Waals surface area (Å²) < 4.78 is 6.80. The number of amides is 1. The number of rotatable bonds is 4. The van der Waals surface area contributed by atoms with Gasteiger partial charge in [-0.05, 0) is 65.1 Å². The number of nitriles is 1. The third-order valence-electron chi connectivity index (χ3n) is 2.97. The SMILES string of the molecule is CC(=O)Oc1ccc(Br)cc1/C=C(\C#N)C(=O)Nc1cccc(I)c1. The lowest BCUT2D eigenvalue weighted by Gasteiger charge is -2.08. The molecule has 0 radical (unpaired) electrons. The Bertz CT molecular complexity index is 903. The number of anilines is 1. The van der Waals surface area contributed by atoms with Crippen LogP contribution in [-0.2, 0) is 9.59 Å². The minimum Gasteiger partial charge on any atom is -0.426 e. The van der Waals surface area contributed by atoms with Crippen molar-refractivity contribution < 1.29 is 14.3 Å². The molecule has 5 nitrogen and oxygen atoms in total. The highest BCUT2D eigenvalue weighted by molar-refractivity contribution is 14.1. The molecule has 0 fully saturated rings. The molecule has 2 rings (SSSR count). The molecule has 0 aliphatic rings. The van der Waals surface area contributed by atoms with Crippen LogP contribution >= 0.6 is 38.5 Å². The Morgan fingerprint density at radius 2 is 2.04 bits per heavy atom. The number of ether oxygens (including phenoxy) is 1.